The summed E-state index contributed by atoms with van der Waals surface area (Å²) in [7, 11) is 0. The van der Waals surface area contributed by atoms with Crippen LogP contribution in [0.25, 0.3) is 0 Å². The summed E-state index contributed by atoms with van der Waals surface area (Å²) in [6, 6.07) is 7.17. The Morgan fingerprint density at radius 2 is 1.87 bits per heavy atom. The number of aryl methyl sites for hydroxylation is 1. The van der Waals surface area contributed by atoms with Gasteiger partial charge in [-0.15, -0.1) is 0 Å². The second-order valence-corrected chi connectivity index (χ2v) is 3.69. The van der Waals surface area contributed by atoms with E-state index in [0.717, 1.165) is 11.1 Å². The minimum Gasteiger partial charge on any atom is -0.330 e. The fourth-order valence-corrected chi connectivity index (χ4v) is 1.61. The molecule has 78 valence electrons. The van der Waals surface area contributed by atoms with Gasteiger partial charge in [0.1, 0.15) is 0 Å². The third-order valence-corrected chi connectivity index (χ3v) is 2.43. The minimum atomic E-state index is -0.420. The van der Waals surface area contributed by atoms with Gasteiger partial charge in [-0.2, -0.15) is 0 Å². The SMILES string of the molecule is Cc1ccc(C2CC(=O)NC(=O)N2)cc1. The van der Waals surface area contributed by atoms with Gasteiger partial charge in [-0.1, -0.05) is 29.8 Å². The topological polar surface area (TPSA) is 58.2 Å². The van der Waals surface area contributed by atoms with Crippen LogP contribution in [0, 0.1) is 6.92 Å². The van der Waals surface area contributed by atoms with E-state index < -0.39 is 6.03 Å². The van der Waals surface area contributed by atoms with E-state index in [0.29, 0.717) is 6.42 Å². The lowest BCUT2D eigenvalue weighted by molar-refractivity contribution is -0.121. The largest absolute Gasteiger partial charge is 0.330 e. The Hall–Kier alpha value is -1.84. The number of amides is 3. The fourth-order valence-electron chi connectivity index (χ4n) is 1.61. The average molecular weight is 204 g/mol. The Labute approximate surface area is 87.7 Å². The van der Waals surface area contributed by atoms with Crippen molar-refractivity contribution in [2.24, 2.45) is 0 Å². The molecule has 2 N–H and O–H groups in total. The van der Waals surface area contributed by atoms with Crippen LogP contribution < -0.4 is 10.6 Å². The first-order valence-corrected chi connectivity index (χ1v) is 4.82. The van der Waals surface area contributed by atoms with Gasteiger partial charge in [0.25, 0.3) is 0 Å². The van der Waals surface area contributed by atoms with Gasteiger partial charge in [0.15, 0.2) is 0 Å². The van der Waals surface area contributed by atoms with Crippen molar-refractivity contribution in [1.29, 1.82) is 0 Å². The number of hydrogen-bond donors (Lipinski definition) is 2. The Balaban J connectivity index is 2.19. The molecule has 2 rings (SSSR count). The predicted molar refractivity (Wildman–Crippen MR) is 55.2 cm³/mol. The number of urea groups is 1. The molecule has 1 heterocycles. The molecule has 3 amide bonds. The average Bonchev–Trinajstić information content (AvgIpc) is 2.17. The van der Waals surface area contributed by atoms with Gasteiger partial charge >= 0.3 is 6.03 Å². The zero-order valence-corrected chi connectivity index (χ0v) is 8.41. The molecule has 1 aromatic carbocycles. The number of imide groups is 1. The lowest BCUT2D eigenvalue weighted by atomic mass is 10.0. The molecule has 0 bridgehead atoms. The Morgan fingerprint density at radius 3 is 2.47 bits per heavy atom. The maximum Gasteiger partial charge on any atom is 0.321 e. The summed E-state index contributed by atoms with van der Waals surface area (Å²) in [6.45, 7) is 2.00. The van der Waals surface area contributed by atoms with Crippen molar-refractivity contribution in [2.45, 2.75) is 19.4 Å². The summed E-state index contributed by atoms with van der Waals surface area (Å²) in [5.41, 5.74) is 2.12. The van der Waals surface area contributed by atoms with Crippen molar-refractivity contribution in [3.8, 4) is 0 Å². The molecule has 1 aliphatic rings. The summed E-state index contributed by atoms with van der Waals surface area (Å²) >= 11 is 0. The van der Waals surface area contributed by atoms with E-state index in [2.05, 4.69) is 10.6 Å². The molecule has 1 unspecified atom stereocenters. The standard InChI is InChI=1S/C11H12N2O2/c1-7-2-4-8(5-3-7)9-6-10(14)13-11(15)12-9/h2-5,9H,6H2,1H3,(H2,12,13,14,15). The van der Waals surface area contributed by atoms with Gasteiger partial charge in [-0.05, 0) is 12.5 Å². The summed E-state index contributed by atoms with van der Waals surface area (Å²) in [4.78, 5) is 22.2. The van der Waals surface area contributed by atoms with E-state index in [1.54, 1.807) is 0 Å². The lowest BCUT2D eigenvalue weighted by Crippen LogP contribution is -2.48. The van der Waals surface area contributed by atoms with Gasteiger partial charge in [-0.25, -0.2) is 4.79 Å². The van der Waals surface area contributed by atoms with Crippen molar-refractivity contribution >= 4 is 11.9 Å². The van der Waals surface area contributed by atoms with E-state index in [1.165, 1.54) is 0 Å². The highest BCUT2D eigenvalue weighted by molar-refractivity contribution is 5.97. The Bertz CT molecular complexity index is 382. The zero-order valence-electron chi connectivity index (χ0n) is 8.41. The van der Waals surface area contributed by atoms with Crippen LogP contribution in [-0.2, 0) is 4.79 Å². The molecule has 1 aliphatic heterocycles. The predicted octanol–water partition coefficient (Wildman–Crippen LogP) is 1.27. The van der Waals surface area contributed by atoms with E-state index in [4.69, 9.17) is 0 Å². The number of carbonyl (C=O) groups excluding carboxylic acids is 2. The highest BCUT2D eigenvalue weighted by Gasteiger charge is 2.24. The van der Waals surface area contributed by atoms with Crippen LogP contribution in [0.3, 0.4) is 0 Å². The van der Waals surface area contributed by atoms with Gasteiger partial charge in [0.2, 0.25) is 5.91 Å². The number of rotatable bonds is 1. The van der Waals surface area contributed by atoms with Crippen molar-refractivity contribution in [2.75, 3.05) is 0 Å². The molecule has 4 nitrogen and oxygen atoms in total. The summed E-state index contributed by atoms with van der Waals surface area (Å²) in [5, 5.41) is 4.91. The van der Waals surface area contributed by atoms with Crippen LogP contribution >= 0.6 is 0 Å². The number of carbonyl (C=O) groups is 2. The normalized spacial score (nSPS) is 20.7. The fraction of sp³-hybridized carbons (Fsp3) is 0.273. The van der Waals surface area contributed by atoms with Crippen molar-refractivity contribution in [1.82, 2.24) is 10.6 Å². The molecule has 0 saturated carbocycles. The Kier molecular flexibility index (Phi) is 2.41. The molecule has 4 heteroatoms. The molecule has 1 atom stereocenters. The molecular formula is C11H12N2O2. The van der Waals surface area contributed by atoms with Crippen molar-refractivity contribution in [3.05, 3.63) is 35.4 Å². The van der Waals surface area contributed by atoms with Gasteiger partial charge in [0, 0.05) is 0 Å². The van der Waals surface area contributed by atoms with Gasteiger partial charge < -0.3 is 5.32 Å². The van der Waals surface area contributed by atoms with Crippen LogP contribution in [-0.4, -0.2) is 11.9 Å². The molecule has 15 heavy (non-hydrogen) atoms. The first kappa shape index (κ1) is 9.71. The van der Waals surface area contributed by atoms with E-state index in [1.807, 2.05) is 31.2 Å². The molecule has 0 spiro atoms. The molecule has 0 aliphatic carbocycles. The molecular weight excluding hydrogens is 192 g/mol. The second-order valence-electron chi connectivity index (χ2n) is 3.69. The summed E-state index contributed by atoms with van der Waals surface area (Å²) < 4.78 is 0. The number of benzene rings is 1. The van der Waals surface area contributed by atoms with Crippen molar-refractivity contribution in [3.63, 3.8) is 0 Å². The highest BCUT2D eigenvalue weighted by atomic mass is 16.2. The number of hydrogen-bond acceptors (Lipinski definition) is 2. The highest BCUT2D eigenvalue weighted by Crippen LogP contribution is 2.19. The van der Waals surface area contributed by atoms with Crippen LogP contribution in [0.1, 0.15) is 23.6 Å². The quantitative estimate of drug-likeness (QED) is 0.723. The number of nitrogens with one attached hydrogen (secondary N) is 2. The monoisotopic (exact) mass is 204 g/mol. The van der Waals surface area contributed by atoms with Crippen LogP contribution in [0.5, 0.6) is 0 Å². The van der Waals surface area contributed by atoms with E-state index in [9.17, 15) is 9.59 Å². The molecule has 0 radical (unpaired) electrons. The first-order valence-electron chi connectivity index (χ1n) is 4.82. The Morgan fingerprint density at radius 1 is 1.20 bits per heavy atom. The van der Waals surface area contributed by atoms with E-state index in [-0.39, 0.29) is 11.9 Å². The van der Waals surface area contributed by atoms with E-state index >= 15 is 0 Å². The summed E-state index contributed by atoms with van der Waals surface area (Å²) in [6.07, 6.45) is 0.300. The maximum atomic E-state index is 11.2. The molecule has 1 saturated heterocycles. The van der Waals surface area contributed by atoms with Gasteiger partial charge in [0.05, 0.1) is 12.5 Å². The molecule has 1 fully saturated rings. The minimum absolute atomic E-state index is 0.202. The third-order valence-electron chi connectivity index (χ3n) is 2.43. The summed E-state index contributed by atoms with van der Waals surface area (Å²) in [5.74, 6) is -0.232. The third kappa shape index (κ3) is 2.15. The lowest BCUT2D eigenvalue weighted by Gasteiger charge is -2.23. The first-order chi connectivity index (χ1) is 7.15. The van der Waals surface area contributed by atoms with Gasteiger partial charge in [-0.3, -0.25) is 10.1 Å². The zero-order chi connectivity index (χ0) is 10.8. The maximum absolute atomic E-state index is 11.2. The van der Waals surface area contributed by atoms with Crippen LogP contribution in [0.4, 0.5) is 4.79 Å². The smallest absolute Gasteiger partial charge is 0.321 e. The van der Waals surface area contributed by atoms with Crippen LogP contribution in [0.15, 0.2) is 24.3 Å². The molecule has 0 aromatic heterocycles. The molecule has 1 aromatic rings. The second kappa shape index (κ2) is 3.73. The van der Waals surface area contributed by atoms with Crippen molar-refractivity contribution < 1.29 is 9.59 Å². The van der Waals surface area contributed by atoms with Crippen LogP contribution in [0.2, 0.25) is 0 Å².